The molecule has 1 N–H and O–H groups in total. The first-order valence-electron chi connectivity index (χ1n) is 6.76. The summed E-state index contributed by atoms with van der Waals surface area (Å²) >= 11 is 3.87. The highest BCUT2D eigenvalue weighted by molar-refractivity contribution is 7.99. The van der Waals surface area contributed by atoms with Gasteiger partial charge in [-0.25, -0.2) is 4.98 Å². The summed E-state index contributed by atoms with van der Waals surface area (Å²) < 4.78 is 0. The topological polar surface area (TPSA) is 28.2 Å². The molecule has 1 aliphatic heterocycles. The van der Waals surface area contributed by atoms with Crippen LogP contribution in [0.5, 0.6) is 0 Å². The second-order valence-corrected chi connectivity index (χ2v) is 7.41. The zero-order chi connectivity index (χ0) is 12.4. The fourth-order valence-electron chi connectivity index (χ4n) is 2.28. The van der Waals surface area contributed by atoms with Gasteiger partial charge in [0, 0.05) is 36.3 Å². The summed E-state index contributed by atoms with van der Waals surface area (Å²) in [5, 5.41) is 6.99. The predicted octanol–water partition coefficient (Wildman–Crippen LogP) is 2.33. The molecule has 3 nitrogen and oxygen atoms in total. The van der Waals surface area contributed by atoms with Gasteiger partial charge in [0.05, 0.1) is 5.69 Å². The first-order chi connectivity index (χ1) is 8.81. The van der Waals surface area contributed by atoms with Gasteiger partial charge in [0.1, 0.15) is 5.01 Å². The van der Waals surface area contributed by atoms with E-state index in [2.05, 4.69) is 34.4 Å². The lowest BCUT2D eigenvalue weighted by Crippen LogP contribution is -2.31. The number of rotatable bonds is 6. The maximum Gasteiger partial charge on any atom is 0.107 e. The van der Waals surface area contributed by atoms with E-state index in [1.54, 1.807) is 11.3 Å². The van der Waals surface area contributed by atoms with Gasteiger partial charge in [-0.05, 0) is 32.1 Å². The Labute approximate surface area is 117 Å². The number of aromatic nitrogens is 1. The summed E-state index contributed by atoms with van der Waals surface area (Å²) in [6, 6.07) is 1.53. The number of thiazole rings is 1. The molecule has 1 aliphatic carbocycles. The molecule has 0 bridgehead atoms. The Morgan fingerprint density at radius 2 is 2.33 bits per heavy atom. The van der Waals surface area contributed by atoms with Crippen LogP contribution < -0.4 is 5.32 Å². The van der Waals surface area contributed by atoms with Gasteiger partial charge in [0.15, 0.2) is 0 Å². The first kappa shape index (κ1) is 12.9. The molecule has 2 aliphatic rings. The van der Waals surface area contributed by atoms with E-state index in [0.29, 0.717) is 0 Å². The summed E-state index contributed by atoms with van der Waals surface area (Å²) in [7, 11) is 2.23. The lowest BCUT2D eigenvalue weighted by molar-refractivity contribution is 0.252. The molecule has 1 aromatic heterocycles. The van der Waals surface area contributed by atoms with Crippen molar-refractivity contribution in [1.82, 2.24) is 15.2 Å². The van der Waals surface area contributed by atoms with Gasteiger partial charge in [0.25, 0.3) is 0 Å². The SMILES string of the molecule is CN(Cc1csc(CNC2CC2)n1)C1CCSC1. The number of nitrogens with zero attached hydrogens (tertiary/aromatic N) is 2. The van der Waals surface area contributed by atoms with Crippen LogP contribution in [0.3, 0.4) is 0 Å². The molecule has 0 radical (unpaired) electrons. The van der Waals surface area contributed by atoms with E-state index in [0.717, 1.165) is 25.2 Å². The molecule has 1 saturated heterocycles. The summed E-state index contributed by atoms with van der Waals surface area (Å²) in [4.78, 5) is 7.19. The van der Waals surface area contributed by atoms with Crippen molar-refractivity contribution in [2.45, 2.75) is 44.4 Å². The van der Waals surface area contributed by atoms with Crippen molar-refractivity contribution in [3.63, 3.8) is 0 Å². The summed E-state index contributed by atoms with van der Waals surface area (Å²) in [5.41, 5.74) is 1.24. The Balaban J connectivity index is 1.48. The Kier molecular flexibility index (Phi) is 4.23. The van der Waals surface area contributed by atoms with Crippen molar-refractivity contribution in [3.05, 3.63) is 16.1 Å². The van der Waals surface area contributed by atoms with Crippen molar-refractivity contribution >= 4 is 23.1 Å². The second kappa shape index (κ2) is 5.90. The van der Waals surface area contributed by atoms with Crippen molar-refractivity contribution in [1.29, 1.82) is 0 Å². The van der Waals surface area contributed by atoms with Gasteiger partial charge >= 0.3 is 0 Å². The molecule has 1 saturated carbocycles. The molecular weight excluding hydrogens is 262 g/mol. The number of hydrogen-bond acceptors (Lipinski definition) is 5. The van der Waals surface area contributed by atoms with E-state index in [1.165, 1.54) is 41.5 Å². The fourth-order valence-corrected chi connectivity index (χ4v) is 4.31. The van der Waals surface area contributed by atoms with Crippen LogP contribution in [-0.4, -0.2) is 40.5 Å². The Hall–Kier alpha value is -0.100. The van der Waals surface area contributed by atoms with Gasteiger partial charge in [-0.2, -0.15) is 11.8 Å². The van der Waals surface area contributed by atoms with Crippen LogP contribution in [0.15, 0.2) is 5.38 Å². The molecule has 18 heavy (non-hydrogen) atoms. The average Bonchev–Trinajstić information content (AvgIpc) is 2.88. The Morgan fingerprint density at radius 1 is 1.44 bits per heavy atom. The molecule has 2 fully saturated rings. The third-order valence-electron chi connectivity index (χ3n) is 3.66. The second-order valence-electron chi connectivity index (χ2n) is 5.32. The maximum atomic E-state index is 4.73. The highest BCUT2D eigenvalue weighted by Crippen LogP contribution is 2.23. The minimum Gasteiger partial charge on any atom is -0.308 e. The summed E-state index contributed by atoms with van der Waals surface area (Å²) in [5.74, 6) is 2.61. The molecule has 0 aromatic carbocycles. The smallest absolute Gasteiger partial charge is 0.107 e. The molecule has 3 rings (SSSR count). The minimum absolute atomic E-state index is 0.754. The van der Waals surface area contributed by atoms with Gasteiger partial charge in [0.2, 0.25) is 0 Å². The lowest BCUT2D eigenvalue weighted by Gasteiger charge is -2.22. The van der Waals surface area contributed by atoms with Gasteiger partial charge in [-0.3, -0.25) is 4.90 Å². The normalized spacial score (nSPS) is 24.0. The quantitative estimate of drug-likeness (QED) is 0.867. The first-order valence-corrected chi connectivity index (χ1v) is 8.79. The van der Waals surface area contributed by atoms with Crippen LogP contribution in [0, 0.1) is 0 Å². The van der Waals surface area contributed by atoms with Crippen LogP contribution in [0.1, 0.15) is 30.0 Å². The van der Waals surface area contributed by atoms with E-state index in [1.807, 2.05) is 0 Å². The Bertz CT molecular complexity index is 383. The van der Waals surface area contributed by atoms with E-state index >= 15 is 0 Å². The fraction of sp³-hybridized carbons (Fsp3) is 0.769. The lowest BCUT2D eigenvalue weighted by atomic mass is 10.2. The van der Waals surface area contributed by atoms with Crippen molar-refractivity contribution in [3.8, 4) is 0 Å². The van der Waals surface area contributed by atoms with Gasteiger partial charge < -0.3 is 5.32 Å². The predicted molar refractivity (Wildman–Crippen MR) is 79.2 cm³/mol. The molecule has 1 aromatic rings. The monoisotopic (exact) mass is 283 g/mol. The van der Waals surface area contributed by atoms with Crippen LogP contribution in [0.25, 0.3) is 0 Å². The third kappa shape index (κ3) is 3.47. The van der Waals surface area contributed by atoms with Crippen molar-refractivity contribution < 1.29 is 0 Å². The molecule has 0 amide bonds. The average molecular weight is 283 g/mol. The van der Waals surface area contributed by atoms with Crippen LogP contribution >= 0.6 is 23.1 Å². The van der Waals surface area contributed by atoms with Crippen molar-refractivity contribution in [2.24, 2.45) is 0 Å². The van der Waals surface area contributed by atoms with Crippen LogP contribution in [0.2, 0.25) is 0 Å². The maximum absolute atomic E-state index is 4.73. The minimum atomic E-state index is 0.754. The van der Waals surface area contributed by atoms with Crippen LogP contribution in [-0.2, 0) is 13.1 Å². The highest BCUT2D eigenvalue weighted by Gasteiger charge is 2.22. The molecule has 5 heteroatoms. The molecular formula is C13H21N3S2. The van der Waals surface area contributed by atoms with E-state index in [-0.39, 0.29) is 0 Å². The number of nitrogens with one attached hydrogen (secondary N) is 1. The highest BCUT2D eigenvalue weighted by atomic mass is 32.2. The molecule has 1 atom stereocenters. The molecule has 100 valence electrons. The standard InChI is InChI=1S/C13H21N3S2/c1-16(12-4-5-17-9-12)7-11-8-18-13(15-11)6-14-10-2-3-10/h8,10,12,14H,2-7,9H2,1H3. The molecule has 1 unspecified atom stereocenters. The third-order valence-corrected chi connectivity index (χ3v) is 5.70. The van der Waals surface area contributed by atoms with Crippen LogP contribution in [0.4, 0.5) is 0 Å². The summed E-state index contributed by atoms with van der Waals surface area (Å²) in [6.45, 7) is 1.96. The molecule has 2 heterocycles. The van der Waals surface area contributed by atoms with E-state index < -0.39 is 0 Å². The van der Waals surface area contributed by atoms with Gasteiger partial charge in [-0.15, -0.1) is 11.3 Å². The number of thioether (sulfide) groups is 1. The zero-order valence-corrected chi connectivity index (χ0v) is 12.5. The largest absolute Gasteiger partial charge is 0.308 e. The van der Waals surface area contributed by atoms with E-state index in [4.69, 9.17) is 4.98 Å². The van der Waals surface area contributed by atoms with Gasteiger partial charge in [-0.1, -0.05) is 0 Å². The molecule has 0 spiro atoms. The number of hydrogen-bond donors (Lipinski definition) is 1. The summed E-state index contributed by atoms with van der Waals surface area (Å²) in [6.07, 6.45) is 4.03. The Morgan fingerprint density at radius 3 is 3.06 bits per heavy atom. The van der Waals surface area contributed by atoms with E-state index in [9.17, 15) is 0 Å². The zero-order valence-electron chi connectivity index (χ0n) is 10.9. The van der Waals surface area contributed by atoms with Crippen molar-refractivity contribution in [2.75, 3.05) is 18.6 Å².